The largest absolute Gasteiger partial charge is 0.371 e. The third-order valence-corrected chi connectivity index (χ3v) is 7.51. The Kier molecular flexibility index (Phi) is 4.28. The zero-order valence-electron chi connectivity index (χ0n) is 14.9. The number of fused-ring (bicyclic) bond motifs is 3. The van der Waals surface area contributed by atoms with Crippen molar-refractivity contribution < 1.29 is 12.8 Å². The average Bonchev–Trinajstić information content (AvgIpc) is 2.76. The molecule has 0 radical (unpaired) electrons. The second-order valence-electron chi connectivity index (χ2n) is 7.36. The van der Waals surface area contributed by atoms with Crippen LogP contribution in [0, 0.1) is 11.7 Å². The molecule has 3 atom stereocenters. The Morgan fingerprint density at radius 1 is 1.15 bits per heavy atom. The van der Waals surface area contributed by atoms with Crippen LogP contribution in [0.4, 0.5) is 10.1 Å². The standard InChI is InChI=1S/C20H23FN2O2S/c1-13-12-22-9-8-19-20(13)17-11-16(6-7-18(17)23(19)2)26(24,25)15-5-3-4-14(21)10-15/h3-7,10-11,13,19-20,22H,8-9,12H2,1-2H3/t13?,19?,20-/m1/s1. The van der Waals surface area contributed by atoms with Crippen LogP contribution in [0.1, 0.15) is 24.8 Å². The lowest BCUT2D eigenvalue weighted by Gasteiger charge is -2.27. The molecule has 2 heterocycles. The summed E-state index contributed by atoms with van der Waals surface area (Å²) in [6, 6.07) is 10.9. The second-order valence-corrected chi connectivity index (χ2v) is 9.31. The van der Waals surface area contributed by atoms with Gasteiger partial charge in [0.2, 0.25) is 9.84 Å². The Morgan fingerprint density at radius 2 is 1.92 bits per heavy atom. The van der Waals surface area contributed by atoms with Crippen LogP contribution in [-0.4, -0.2) is 34.6 Å². The van der Waals surface area contributed by atoms with Gasteiger partial charge in [-0.05, 0) is 67.4 Å². The summed E-state index contributed by atoms with van der Waals surface area (Å²) < 4.78 is 39.5. The minimum absolute atomic E-state index is 0.00377. The van der Waals surface area contributed by atoms with Crippen molar-refractivity contribution in [1.29, 1.82) is 0 Å². The van der Waals surface area contributed by atoms with E-state index >= 15 is 0 Å². The molecule has 4 rings (SSSR count). The van der Waals surface area contributed by atoms with Gasteiger partial charge in [-0.3, -0.25) is 0 Å². The lowest BCUT2D eigenvalue weighted by Crippen LogP contribution is -2.32. The highest BCUT2D eigenvalue weighted by Crippen LogP contribution is 2.46. The average molecular weight is 374 g/mol. The summed E-state index contributed by atoms with van der Waals surface area (Å²) in [4.78, 5) is 2.51. The molecule has 0 aliphatic carbocycles. The Hall–Kier alpha value is -1.92. The van der Waals surface area contributed by atoms with Crippen LogP contribution in [0.2, 0.25) is 0 Å². The molecule has 1 saturated heterocycles. The second kappa shape index (κ2) is 6.35. The van der Waals surface area contributed by atoms with Gasteiger partial charge in [0, 0.05) is 24.7 Å². The van der Waals surface area contributed by atoms with Gasteiger partial charge in [0.05, 0.1) is 9.79 Å². The van der Waals surface area contributed by atoms with E-state index < -0.39 is 15.7 Å². The number of anilines is 1. The molecule has 2 unspecified atom stereocenters. The van der Waals surface area contributed by atoms with Crippen LogP contribution in [0.5, 0.6) is 0 Å². The minimum atomic E-state index is -3.74. The summed E-state index contributed by atoms with van der Waals surface area (Å²) in [5.41, 5.74) is 2.19. The molecular weight excluding hydrogens is 351 g/mol. The monoisotopic (exact) mass is 374 g/mol. The van der Waals surface area contributed by atoms with Crippen molar-refractivity contribution in [2.45, 2.75) is 35.1 Å². The van der Waals surface area contributed by atoms with Crippen molar-refractivity contribution >= 4 is 15.5 Å². The van der Waals surface area contributed by atoms with E-state index in [1.807, 2.05) is 6.07 Å². The van der Waals surface area contributed by atoms with Crippen molar-refractivity contribution in [2.75, 3.05) is 25.0 Å². The van der Waals surface area contributed by atoms with E-state index in [9.17, 15) is 12.8 Å². The fourth-order valence-corrected chi connectivity index (χ4v) is 5.78. The fraction of sp³-hybridized carbons (Fsp3) is 0.400. The highest BCUT2D eigenvalue weighted by atomic mass is 32.2. The summed E-state index contributed by atoms with van der Waals surface area (Å²) in [6.45, 7) is 4.11. The Morgan fingerprint density at radius 3 is 2.69 bits per heavy atom. The number of benzene rings is 2. The summed E-state index contributed by atoms with van der Waals surface area (Å²) in [7, 11) is -1.65. The Bertz CT molecular complexity index is 945. The van der Waals surface area contributed by atoms with Crippen LogP contribution in [0.15, 0.2) is 52.3 Å². The van der Waals surface area contributed by atoms with E-state index in [1.54, 1.807) is 12.1 Å². The van der Waals surface area contributed by atoms with Crippen molar-refractivity contribution in [2.24, 2.45) is 5.92 Å². The molecule has 0 spiro atoms. The van der Waals surface area contributed by atoms with Crippen LogP contribution >= 0.6 is 0 Å². The predicted octanol–water partition coefficient (Wildman–Crippen LogP) is 3.19. The summed E-state index contributed by atoms with van der Waals surface area (Å²) in [5.74, 6) is 0.168. The maximum atomic E-state index is 13.5. The van der Waals surface area contributed by atoms with Gasteiger partial charge in [0.1, 0.15) is 5.82 Å². The van der Waals surface area contributed by atoms with Crippen molar-refractivity contribution in [3.8, 4) is 0 Å². The molecule has 26 heavy (non-hydrogen) atoms. The first-order valence-corrected chi connectivity index (χ1v) is 10.5. The molecule has 2 aromatic carbocycles. The topological polar surface area (TPSA) is 49.4 Å². The number of sulfone groups is 1. The van der Waals surface area contributed by atoms with Crippen molar-refractivity contribution in [1.82, 2.24) is 5.32 Å². The SMILES string of the molecule is CC1CNCCC2[C@H]1c1cc(S(=O)(=O)c3cccc(F)c3)ccc1N2C. The maximum absolute atomic E-state index is 13.5. The van der Waals surface area contributed by atoms with Gasteiger partial charge in [0.25, 0.3) is 0 Å². The summed E-state index contributed by atoms with van der Waals surface area (Å²) >= 11 is 0. The molecule has 0 aromatic heterocycles. The molecule has 0 amide bonds. The van der Waals surface area contributed by atoms with E-state index in [4.69, 9.17) is 0 Å². The number of rotatable bonds is 2. The van der Waals surface area contributed by atoms with E-state index in [-0.39, 0.29) is 9.79 Å². The van der Waals surface area contributed by atoms with Crippen LogP contribution in [0.3, 0.4) is 0 Å². The van der Waals surface area contributed by atoms with Gasteiger partial charge in [-0.25, -0.2) is 12.8 Å². The van der Waals surface area contributed by atoms with Crippen LogP contribution in [-0.2, 0) is 9.84 Å². The number of nitrogens with zero attached hydrogens (tertiary/aromatic N) is 1. The number of halogens is 1. The van der Waals surface area contributed by atoms with Gasteiger partial charge >= 0.3 is 0 Å². The Labute approximate surface area is 153 Å². The molecule has 0 bridgehead atoms. The molecular formula is C20H23FN2O2S. The van der Waals surface area contributed by atoms with Gasteiger partial charge < -0.3 is 10.2 Å². The fourth-order valence-electron chi connectivity index (χ4n) is 4.45. The quantitative estimate of drug-likeness (QED) is 0.877. The first kappa shape index (κ1) is 17.5. The molecule has 4 nitrogen and oxygen atoms in total. The minimum Gasteiger partial charge on any atom is -0.371 e. The predicted molar refractivity (Wildman–Crippen MR) is 99.9 cm³/mol. The number of likely N-dealkylation sites (N-methyl/N-ethyl adjacent to an activating group) is 1. The molecule has 6 heteroatoms. The molecule has 1 fully saturated rings. The van der Waals surface area contributed by atoms with E-state index in [2.05, 4.69) is 24.2 Å². The van der Waals surface area contributed by atoms with Gasteiger partial charge in [-0.2, -0.15) is 0 Å². The third kappa shape index (κ3) is 2.72. The lowest BCUT2D eigenvalue weighted by molar-refractivity contribution is 0.424. The molecule has 0 saturated carbocycles. The normalized spacial score (nSPS) is 25.5. The van der Waals surface area contributed by atoms with Crippen LogP contribution < -0.4 is 10.2 Å². The number of nitrogens with one attached hydrogen (secondary N) is 1. The number of hydrogen-bond acceptors (Lipinski definition) is 4. The number of hydrogen-bond donors (Lipinski definition) is 1. The molecule has 2 aromatic rings. The summed E-state index contributed by atoms with van der Waals surface area (Å²) in [5, 5.41) is 3.47. The van der Waals surface area contributed by atoms with E-state index in [0.717, 1.165) is 36.8 Å². The molecule has 1 N–H and O–H groups in total. The van der Waals surface area contributed by atoms with Gasteiger partial charge in [-0.1, -0.05) is 13.0 Å². The summed E-state index contributed by atoms with van der Waals surface area (Å²) in [6.07, 6.45) is 1.03. The lowest BCUT2D eigenvalue weighted by atomic mass is 9.84. The zero-order valence-corrected chi connectivity index (χ0v) is 15.8. The first-order chi connectivity index (χ1) is 12.4. The maximum Gasteiger partial charge on any atom is 0.206 e. The zero-order chi connectivity index (χ0) is 18.5. The highest BCUT2D eigenvalue weighted by molar-refractivity contribution is 7.91. The first-order valence-electron chi connectivity index (χ1n) is 8.98. The Balaban J connectivity index is 1.81. The molecule has 2 aliphatic heterocycles. The van der Waals surface area contributed by atoms with Crippen LogP contribution in [0.25, 0.3) is 0 Å². The van der Waals surface area contributed by atoms with E-state index in [1.165, 1.54) is 18.2 Å². The molecule has 138 valence electrons. The van der Waals surface area contributed by atoms with Gasteiger partial charge in [0.15, 0.2) is 0 Å². The molecule has 2 aliphatic rings. The third-order valence-electron chi connectivity index (χ3n) is 5.76. The van der Waals surface area contributed by atoms with Gasteiger partial charge in [-0.15, -0.1) is 0 Å². The smallest absolute Gasteiger partial charge is 0.206 e. The van der Waals surface area contributed by atoms with Crippen molar-refractivity contribution in [3.05, 3.63) is 53.8 Å². The van der Waals surface area contributed by atoms with E-state index in [0.29, 0.717) is 17.9 Å². The highest BCUT2D eigenvalue weighted by Gasteiger charge is 2.41. The van der Waals surface area contributed by atoms with Crippen molar-refractivity contribution in [3.63, 3.8) is 0 Å².